The van der Waals surface area contributed by atoms with Crippen LogP contribution in [0.3, 0.4) is 0 Å². The number of amides is 1. The summed E-state index contributed by atoms with van der Waals surface area (Å²) in [4.78, 5) is 12.3. The number of hydrogen-bond acceptors (Lipinski definition) is 5. The molecule has 1 saturated heterocycles. The molecule has 6 heteroatoms. The standard InChI is InChI=1S/C20H26N4O2/c1-20(2,3)14-6-8-15(9-7-14)22-19(25)17-10-11-18(24-23-17)21-13-16-5-4-12-26-16/h6-11,16H,4-5,12-13H2,1-3H3,(H,21,24)(H,22,25). The number of benzene rings is 1. The average Bonchev–Trinajstić information content (AvgIpc) is 3.13. The molecule has 1 aromatic carbocycles. The van der Waals surface area contributed by atoms with Gasteiger partial charge in [0.05, 0.1) is 6.10 Å². The summed E-state index contributed by atoms with van der Waals surface area (Å²) in [7, 11) is 0. The van der Waals surface area contributed by atoms with E-state index in [4.69, 9.17) is 4.74 Å². The fraction of sp³-hybridized carbons (Fsp3) is 0.450. The van der Waals surface area contributed by atoms with Crippen molar-refractivity contribution in [1.82, 2.24) is 10.2 Å². The Labute approximate surface area is 154 Å². The Morgan fingerprint density at radius 3 is 2.50 bits per heavy atom. The van der Waals surface area contributed by atoms with Crippen molar-refractivity contribution >= 4 is 17.4 Å². The maximum Gasteiger partial charge on any atom is 0.276 e. The molecular formula is C20H26N4O2. The normalized spacial score (nSPS) is 17.1. The highest BCUT2D eigenvalue weighted by atomic mass is 16.5. The van der Waals surface area contributed by atoms with E-state index < -0.39 is 0 Å². The van der Waals surface area contributed by atoms with E-state index in [1.54, 1.807) is 12.1 Å². The molecule has 6 nitrogen and oxygen atoms in total. The van der Waals surface area contributed by atoms with Gasteiger partial charge in [0.2, 0.25) is 0 Å². The first-order valence-corrected chi connectivity index (χ1v) is 9.03. The average molecular weight is 354 g/mol. The van der Waals surface area contributed by atoms with Crippen molar-refractivity contribution in [1.29, 1.82) is 0 Å². The predicted molar refractivity (Wildman–Crippen MR) is 103 cm³/mol. The van der Waals surface area contributed by atoms with Crippen LogP contribution in [0.5, 0.6) is 0 Å². The van der Waals surface area contributed by atoms with Gasteiger partial charge in [0.25, 0.3) is 5.91 Å². The monoisotopic (exact) mass is 354 g/mol. The van der Waals surface area contributed by atoms with E-state index >= 15 is 0 Å². The second kappa shape index (κ2) is 7.83. The summed E-state index contributed by atoms with van der Waals surface area (Å²) >= 11 is 0. The molecular weight excluding hydrogens is 328 g/mol. The maximum atomic E-state index is 12.3. The molecule has 3 rings (SSSR count). The molecule has 1 aromatic heterocycles. The molecule has 0 bridgehead atoms. The Kier molecular flexibility index (Phi) is 5.52. The van der Waals surface area contributed by atoms with Crippen LogP contribution in [0.1, 0.15) is 49.7 Å². The van der Waals surface area contributed by atoms with Crippen molar-refractivity contribution in [3.8, 4) is 0 Å². The number of aromatic nitrogens is 2. The molecule has 0 spiro atoms. The highest BCUT2D eigenvalue weighted by Gasteiger charge is 2.16. The van der Waals surface area contributed by atoms with Gasteiger partial charge in [-0.15, -0.1) is 10.2 Å². The summed E-state index contributed by atoms with van der Waals surface area (Å²) in [5.74, 6) is 0.373. The number of anilines is 2. The third-order valence-corrected chi connectivity index (χ3v) is 4.44. The van der Waals surface area contributed by atoms with Gasteiger partial charge in [-0.05, 0) is 48.1 Å². The topological polar surface area (TPSA) is 76.1 Å². The number of hydrogen-bond donors (Lipinski definition) is 2. The lowest BCUT2D eigenvalue weighted by molar-refractivity contribution is 0.102. The van der Waals surface area contributed by atoms with E-state index in [2.05, 4.69) is 41.6 Å². The van der Waals surface area contributed by atoms with Crippen molar-refractivity contribution in [3.05, 3.63) is 47.7 Å². The summed E-state index contributed by atoms with van der Waals surface area (Å²) in [6.45, 7) is 8.01. The predicted octanol–water partition coefficient (Wildman–Crippen LogP) is 3.62. The van der Waals surface area contributed by atoms with E-state index in [1.807, 2.05) is 24.3 Å². The van der Waals surface area contributed by atoms with Gasteiger partial charge in [-0.25, -0.2) is 0 Å². The van der Waals surface area contributed by atoms with Gasteiger partial charge in [-0.1, -0.05) is 32.9 Å². The van der Waals surface area contributed by atoms with Gasteiger partial charge in [-0.3, -0.25) is 4.79 Å². The first kappa shape index (κ1) is 18.3. The zero-order chi connectivity index (χ0) is 18.6. The Balaban J connectivity index is 1.55. The molecule has 1 atom stereocenters. The molecule has 1 unspecified atom stereocenters. The van der Waals surface area contributed by atoms with E-state index in [1.165, 1.54) is 5.56 Å². The number of ether oxygens (including phenoxy) is 1. The summed E-state index contributed by atoms with van der Waals surface area (Å²) in [6.07, 6.45) is 2.40. The molecule has 1 amide bonds. The molecule has 2 aromatic rings. The van der Waals surface area contributed by atoms with E-state index in [9.17, 15) is 4.79 Å². The minimum Gasteiger partial charge on any atom is -0.376 e. The Hall–Kier alpha value is -2.47. The number of carbonyl (C=O) groups is 1. The molecule has 26 heavy (non-hydrogen) atoms. The van der Waals surface area contributed by atoms with Crippen LogP contribution in [0, 0.1) is 0 Å². The van der Waals surface area contributed by atoms with Crippen molar-refractivity contribution < 1.29 is 9.53 Å². The highest BCUT2D eigenvalue weighted by molar-refractivity contribution is 6.02. The van der Waals surface area contributed by atoms with Crippen LogP contribution in [0.15, 0.2) is 36.4 Å². The first-order valence-electron chi connectivity index (χ1n) is 9.03. The number of rotatable bonds is 5. The third kappa shape index (κ3) is 4.79. The van der Waals surface area contributed by atoms with Crippen LogP contribution in [-0.2, 0) is 10.2 Å². The minimum atomic E-state index is -0.272. The second-order valence-corrected chi connectivity index (χ2v) is 7.60. The van der Waals surface area contributed by atoms with Gasteiger partial charge in [-0.2, -0.15) is 0 Å². The van der Waals surface area contributed by atoms with Crippen LogP contribution in [0.4, 0.5) is 11.5 Å². The van der Waals surface area contributed by atoms with Crippen molar-refractivity contribution in [2.75, 3.05) is 23.8 Å². The van der Waals surface area contributed by atoms with Gasteiger partial charge in [0, 0.05) is 18.8 Å². The van der Waals surface area contributed by atoms with Crippen LogP contribution in [0.2, 0.25) is 0 Å². The summed E-state index contributed by atoms with van der Waals surface area (Å²) in [5, 5.41) is 14.1. The van der Waals surface area contributed by atoms with E-state index in [0.29, 0.717) is 12.4 Å². The summed E-state index contributed by atoms with van der Waals surface area (Å²) < 4.78 is 5.56. The minimum absolute atomic E-state index is 0.0837. The van der Waals surface area contributed by atoms with Crippen LogP contribution in [-0.4, -0.2) is 35.4 Å². The van der Waals surface area contributed by atoms with Gasteiger partial charge >= 0.3 is 0 Å². The van der Waals surface area contributed by atoms with Crippen molar-refractivity contribution in [2.24, 2.45) is 0 Å². The molecule has 2 N–H and O–H groups in total. The molecule has 2 heterocycles. The Morgan fingerprint density at radius 2 is 1.92 bits per heavy atom. The molecule has 1 aliphatic rings. The fourth-order valence-electron chi connectivity index (χ4n) is 2.82. The SMILES string of the molecule is CC(C)(C)c1ccc(NC(=O)c2ccc(NCC3CCCO3)nn2)cc1. The Bertz CT molecular complexity index is 730. The van der Waals surface area contributed by atoms with Crippen LogP contribution in [0.25, 0.3) is 0 Å². The quantitative estimate of drug-likeness (QED) is 0.858. The van der Waals surface area contributed by atoms with Gasteiger partial charge < -0.3 is 15.4 Å². The van der Waals surface area contributed by atoms with Crippen LogP contribution < -0.4 is 10.6 Å². The number of nitrogens with one attached hydrogen (secondary N) is 2. The lowest BCUT2D eigenvalue weighted by Gasteiger charge is -2.19. The smallest absolute Gasteiger partial charge is 0.276 e. The summed E-state index contributed by atoms with van der Waals surface area (Å²) in [6, 6.07) is 11.3. The zero-order valence-electron chi connectivity index (χ0n) is 15.6. The lowest BCUT2D eigenvalue weighted by Crippen LogP contribution is -2.20. The van der Waals surface area contributed by atoms with Crippen molar-refractivity contribution in [2.45, 2.75) is 45.1 Å². The molecule has 1 aliphatic heterocycles. The third-order valence-electron chi connectivity index (χ3n) is 4.44. The second-order valence-electron chi connectivity index (χ2n) is 7.60. The van der Waals surface area contributed by atoms with E-state index in [0.717, 1.165) is 25.1 Å². The first-order chi connectivity index (χ1) is 12.4. The number of nitrogens with zero attached hydrogens (tertiary/aromatic N) is 2. The number of carbonyl (C=O) groups excluding carboxylic acids is 1. The molecule has 1 fully saturated rings. The molecule has 0 radical (unpaired) electrons. The molecule has 0 aliphatic carbocycles. The van der Waals surface area contributed by atoms with Crippen molar-refractivity contribution in [3.63, 3.8) is 0 Å². The highest BCUT2D eigenvalue weighted by Crippen LogP contribution is 2.23. The van der Waals surface area contributed by atoms with E-state index in [-0.39, 0.29) is 23.1 Å². The maximum absolute atomic E-state index is 12.3. The lowest BCUT2D eigenvalue weighted by atomic mass is 9.87. The van der Waals surface area contributed by atoms with Gasteiger partial charge in [0.1, 0.15) is 5.82 Å². The largest absolute Gasteiger partial charge is 0.376 e. The molecule has 0 saturated carbocycles. The molecule has 138 valence electrons. The summed E-state index contributed by atoms with van der Waals surface area (Å²) in [5.41, 5.74) is 2.33. The van der Waals surface area contributed by atoms with Crippen LogP contribution >= 0.6 is 0 Å². The van der Waals surface area contributed by atoms with Gasteiger partial charge in [0.15, 0.2) is 5.69 Å². The Morgan fingerprint density at radius 1 is 1.15 bits per heavy atom. The zero-order valence-corrected chi connectivity index (χ0v) is 15.6. The fourth-order valence-corrected chi connectivity index (χ4v) is 2.82.